The topological polar surface area (TPSA) is 105 Å². The van der Waals surface area contributed by atoms with E-state index >= 15 is 0 Å². The molecule has 2 saturated heterocycles. The second-order valence-corrected chi connectivity index (χ2v) is 14.0. The fourth-order valence-electron chi connectivity index (χ4n) is 7.28. The van der Waals surface area contributed by atoms with Gasteiger partial charge in [-0.2, -0.15) is 0 Å². The van der Waals surface area contributed by atoms with Crippen molar-refractivity contribution in [2.45, 2.75) is 217 Å². The van der Waals surface area contributed by atoms with Crippen molar-refractivity contribution in [1.82, 2.24) is 0 Å². The molecule has 0 saturated carbocycles. The zero-order chi connectivity index (χ0) is 31.6. The number of cyclic esters (lactones) is 1. The van der Waals surface area contributed by atoms with Crippen LogP contribution in [-0.2, 0) is 19.0 Å². The van der Waals surface area contributed by atoms with Crippen molar-refractivity contribution in [2.75, 3.05) is 0 Å². The van der Waals surface area contributed by atoms with Crippen molar-refractivity contribution < 1.29 is 34.3 Å². The molecule has 0 aromatic rings. The summed E-state index contributed by atoms with van der Waals surface area (Å²) in [5, 5.41) is 32.3. The molecular weight excluding hydrogens is 556 g/mol. The molecule has 0 aromatic carbocycles. The fraction of sp³-hybridized carbons (Fsp3) is 0.919. The summed E-state index contributed by atoms with van der Waals surface area (Å²) in [7, 11) is 0. The number of unbranched alkanes of at least 4 members (excludes halogenated alkanes) is 12. The largest absolute Gasteiger partial charge is 0.455 e. The standard InChI is InChI=1S/C37H66O7/c1-3-4-5-15-19-30-20-17-22-34(43-30)32(39)23-24-33(40)36-26-25-35(44-36)31(38)21-16-13-11-9-7-6-8-10-12-14-18-29-27-28(2)42-37(29)41/h27-28,30-36,38-40H,3-26H2,1-2H3/t28-,30-,31+,32-,33-,34-,35+,36+/m0/s1. The zero-order valence-electron chi connectivity index (χ0n) is 28.1. The Labute approximate surface area is 268 Å². The van der Waals surface area contributed by atoms with Gasteiger partial charge >= 0.3 is 5.97 Å². The minimum absolute atomic E-state index is 0.0555. The number of hydrogen-bond donors (Lipinski definition) is 3. The number of rotatable bonds is 24. The molecule has 3 rings (SSSR count). The number of carbonyl (C=O) groups excluding carboxylic acids is 1. The van der Waals surface area contributed by atoms with Crippen LogP contribution in [0.3, 0.4) is 0 Å². The third-order valence-electron chi connectivity index (χ3n) is 10.1. The first-order valence-electron chi connectivity index (χ1n) is 18.6. The highest BCUT2D eigenvalue weighted by Gasteiger charge is 2.35. The molecule has 0 spiro atoms. The highest BCUT2D eigenvalue weighted by molar-refractivity contribution is 5.90. The van der Waals surface area contributed by atoms with E-state index in [9.17, 15) is 20.1 Å². The molecule has 0 aromatic heterocycles. The lowest BCUT2D eigenvalue weighted by molar-refractivity contribution is -0.139. The molecule has 44 heavy (non-hydrogen) atoms. The fourth-order valence-corrected chi connectivity index (χ4v) is 7.28. The van der Waals surface area contributed by atoms with Crippen LogP contribution in [-0.4, -0.2) is 70.1 Å². The van der Waals surface area contributed by atoms with Crippen molar-refractivity contribution in [3.8, 4) is 0 Å². The Hall–Kier alpha value is -0.990. The van der Waals surface area contributed by atoms with Gasteiger partial charge < -0.3 is 29.5 Å². The second kappa shape index (κ2) is 21.7. The summed E-state index contributed by atoms with van der Waals surface area (Å²) in [5.41, 5.74) is 0.859. The molecule has 7 heteroatoms. The highest BCUT2D eigenvalue weighted by atomic mass is 16.5. The summed E-state index contributed by atoms with van der Waals surface area (Å²) in [6.07, 6.45) is 25.3. The van der Waals surface area contributed by atoms with E-state index in [1.54, 1.807) is 0 Å². The van der Waals surface area contributed by atoms with Gasteiger partial charge in [0.2, 0.25) is 0 Å². The lowest BCUT2D eigenvalue weighted by Gasteiger charge is -2.33. The molecule has 0 unspecified atom stereocenters. The van der Waals surface area contributed by atoms with Gasteiger partial charge in [0, 0.05) is 5.57 Å². The molecule has 256 valence electrons. The number of aliphatic hydroxyl groups excluding tert-OH is 3. The monoisotopic (exact) mass is 622 g/mol. The van der Waals surface area contributed by atoms with Gasteiger partial charge in [0.25, 0.3) is 0 Å². The molecule has 3 N–H and O–H groups in total. The molecule has 0 bridgehead atoms. The molecule has 3 aliphatic rings. The van der Waals surface area contributed by atoms with Gasteiger partial charge in [0.15, 0.2) is 0 Å². The SMILES string of the molecule is CCCCCC[C@H]1CCC[C@@H]([C@@H](O)CC[C@H](O)[C@H]2CC[C@H]([C@H](O)CCCCCCCCCCCCC3=C[C@H](C)OC3=O)O2)O1. The Bertz CT molecular complexity index is 801. The van der Waals surface area contributed by atoms with Gasteiger partial charge in [-0.15, -0.1) is 0 Å². The smallest absolute Gasteiger partial charge is 0.334 e. The third kappa shape index (κ3) is 14.2. The van der Waals surface area contributed by atoms with Crippen molar-refractivity contribution in [3.63, 3.8) is 0 Å². The minimum atomic E-state index is -0.609. The number of aliphatic hydroxyl groups is 3. The van der Waals surface area contributed by atoms with Crippen LogP contribution < -0.4 is 0 Å². The Morgan fingerprint density at radius 3 is 1.82 bits per heavy atom. The molecule has 0 aliphatic carbocycles. The Morgan fingerprint density at radius 1 is 0.682 bits per heavy atom. The third-order valence-corrected chi connectivity index (χ3v) is 10.1. The summed E-state index contributed by atoms with van der Waals surface area (Å²) in [6.45, 7) is 4.14. The van der Waals surface area contributed by atoms with E-state index in [-0.39, 0.29) is 36.5 Å². The van der Waals surface area contributed by atoms with Gasteiger partial charge in [0.1, 0.15) is 6.10 Å². The van der Waals surface area contributed by atoms with Gasteiger partial charge in [-0.3, -0.25) is 0 Å². The quantitative estimate of drug-likeness (QED) is 0.0743. The molecule has 7 nitrogen and oxygen atoms in total. The first kappa shape index (κ1) is 37.5. The highest BCUT2D eigenvalue weighted by Crippen LogP contribution is 2.30. The summed E-state index contributed by atoms with van der Waals surface area (Å²) < 4.78 is 17.5. The molecule has 0 radical (unpaired) electrons. The van der Waals surface area contributed by atoms with Crippen LogP contribution in [0.5, 0.6) is 0 Å². The van der Waals surface area contributed by atoms with E-state index in [2.05, 4.69) is 6.92 Å². The molecular formula is C37H66O7. The summed E-state index contributed by atoms with van der Waals surface area (Å²) >= 11 is 0. The van der Waals surface area contributed by atoms with Crippen LogP contribution >= 0.6 is 0 Å². The van der Waals surface area contributed by atoms with Crippen LogP contribution in [0.1, 0.15) is 168 Å². The molecule has 3 aliphatic heterocycles. The average molecular weight is 623 g/mol. The van der Waals surface area contributed by atoms with Crippen molar-refractivity contribution >= 4 is 5.97 Å². The van der Waals surface area contributed by atoms with E-state index in [1.807, 2.05) is 13.0 Å². The second-order valence-electron chi connectivity index (χ2n) is 14.0. The number of esters is 1. The number of hydrogen-bond acceptors (Lipinski definition) is 7. The van der Waals surface area contributed by atoms with E-state index in [4.69, 9.17) is 14.2 Å². The normalized spacial score (nSPS) is 27.7. The summed E-state index contributed by atoms with van der Waals surface area (Å²) in [5.74, 6) is -0.127. The molecule has 0 amide bonds. The van der Waals surface area contributed by atoms with Crippen LogP contribution in [0.25, 0.3) is 0 Å². The van der Waals surface area contributed by atoms with Crippen molar-refractivity contribution in [1.29, 1.82) is 0 Å². The minimum Gasteiger partial charge on any atom is -0.455 e. The average Bonchev–Trinajstić information content (AvgIpc) is 3.64. The Balaban J connectivity index is 1.14. The van der Waals surface area contributed by atoms with Gasteiger partial charge in [-0.05, 0) is 83.6 Å². The first-order valence-corrected chi connectivity index (χ1v) is 18.6. The van der Waals surface area contributed by atoms with Crippen LogP contribution in [0.2, 0.25) is 0 Å². The van der Waals surface area contributed by atoms with Crippen molar-refractivity contribution in [2.24, 2.45) is 0 Å². The number of carbonyl (C=O) groups is 1. The van der Waals surface area contributed by atoms with E-state index in [0.717, 1.165) is 76.2 Å². The van der Waals surface area contributed by atoms with Crippen LogP contribution in [0.15, 0.2) is 11.6 Å². The van der Waals surface area contributed by atoms with Gasteiger partial charge in [-0.25, -0.2) is 4.79 Å². The molecule has 2 fully saturated rings. The van der Waals surface area contributed by atoms with Crippen LogP contribution in [0, 0.1) is 0 Å². The zero-order valence-corrected chi connectivity index (χ0v) is 28.1. The predicted molar refractivity (Wildman–Crippen MR) is 175 cm³/mol. The molecule has 8 atom stereocenters. The Morgan fingerprint density at radius 2 is 1.23 bits per heavy atom. The maximum atomic E-state index is 11.6. The lowest BCUT2D eigenvalue weighted by atomic mass is 9.94. The lowest BCUT2D eigenvalue weighted by Crippen LogP contribution is -2.38. The summed E-state index contributed by atoms with van der Waals surface area (Å²) in [6, 6.07) is 0. The maximum absolute atomic E-state index is 11.6. The predicted octanol–water partition coefficient (Wildman–Crippen LogP) is 7.86. The van der Waals surface area contributed by atoms with E-state index in [0.29, 0.717) is 12.8 Å². The molecule has 3 heterocycles. The maximum Gasteiger partial charge on any atom is 0.334 e. The van der Waals surface area contributed by atoms with Gasteiger partial charge in [0.05, 0.1) is 42.7 Å². The van der Waals surface area contributed by atoms with Crippen molar-refractivity contribution in [3.05, 3.63) is 11.6 Å². The number of ether oxygens (including phenoxy) is 3. The first-order chi connectivity index (χ1) is 21.4. The van der Waals surface area contributed by atoms with E-state index in [1.165, 1.54) is 70.6 Å². The van der Waals surface area contributed by atoms with E-state index < -0.39 is 18.3 Å². The summed E-state index contributed by atoms with van der Waals surface area (Å²) in [4.78, 5) is 11.6. The Kier molecular flexibility index (Phi) is 18.5. The van der Waals surface area contributed by atoms with Crippen LogP contribution in [0.4, 0.5) is 0 Å². The van der Waals surface area contributed by atoms with Gasteiger partial charge in [-0.1, -0.05) is 90.4 Å².